The summed E-state index contributed by atoms with van der Waals surface area (Å²) in [5.74, 6) is 1.58. The molecule has 1 amide bonds. The maximum Gasteiger partial charge on any atom is 0.333 e. The minimum atomic E-state index is -3.70. The molecule has 210 valence electrons. The van der Waals surface area contributed by atoms with Gasteiger partial charge in [-0.05, 0) is 87.6 Å². The highest BCUT2D eigenvalue weighted by molar-refractivity contribution is 7.92. The van der Waals surface area contributed by atoms with Crippen LogP contribution >= 0.6 is 0 Å². The summed E-state index contributed by atoms with van der Waals surface area (Å²) in [5, 5.41) is 14.0. The normalized spacial score (nSPS) is 23.9. The standard InChI is InChI=1S/C28H37N5O5S/c1-4-20-5-7-22(8-6-20)24-29-26(35)28(31-24)12-14-32(15-13-28)39(37,38)16-11-21-9-10-23(17-18(21)2)33-19(3)25(34)30-27(33)36/h9-11,16-17,20,22,34H,4-8,12-15H2,1-3H3,(H,30,36)(H,29,31,35). The lowest BCUT2D eigenvalue weighted by Gasteiger charge is -2.34. The van der Waals surface area contributed by atoms with E-state index in [4.69, 9.17) is 4.99 Å². The van der Waals surface area contributed by atoms with Crippen LogP contribution in [0.25, 0.3) is 11.8 Å². The van der Waals surface area contributed by atoms with Crippen molar-refractivity contribution in [3.63, 3.8) is 0 Å². The van der Waals surface area contributed by atoms with Crippen LogP contribution in [0.2, 0.25) is 0 Å². The molecule has 1 saturated carbocycles. The Morgan fingerprint density at radius 2 is 1.82 bits per heavy atom. The molecule has 3 heterocycles. The number of carbonyl (C=O) groups excluding carboxylic acids is 1. The Morgan fingerprint density at radius 1 is 1.13 bits per heavy atom. The number of amides is 1. The third-order valence-corrected chi connectivity index (χ3v) is 10.3. The number of aliphatic imine (C=N–C) groups is 1. The van der Waals surface area contributed by atoms with Crippen molar-refractivity contribution in [1.82, 2.24) is 19.2 Å². The van der Waals surface area contributed by atoms with E-state index < -0.39 is 21.3 Å². The number of nitrogens with one attached hydrogen (secondary N) is 2. The zero-order valence-corrected chi connectivity index (χ0v) is 23.6. The van der Waals surface area contributed by atoms with Crippen molar-refractivity contribution in [2.75, 3.05) is 13.1 Å². The topological polar surface area (TPSA) is 137 Å². The fourth-order valence-electron chi connectivity index (χ4n) is 6.08. The lowest BCUT2D eigenvalue weighted by Crippen LogP contribution is -2.50. The van der Waals surface area contributed by atoms with Crippen molar-refractivity contribution in [2.45, 2.75) is 71.3 Å². The Morgan fingerprint density at radius 3 is 2.41 bits per heavy atom. The Labute approximate surface area is 228 Å². The molecule has 1 saturated heterocycles. The predicted octanol–water partition coefficient (Wildman–Crippen LogP) is 3.37. The number of amidine groups is 1. The second kappa shape index (κ2) is 10.4. The number of aryl methyl sites for hydroxylation is 1. The van der Waals surface area contributed by atoms with Gasteiger partial charge in [-0.25, -0.2) is 13.2 Å². The van der Waals surface area contributed by atoms with E-state index in [-0.39, 0.29) is 24.9 Å². The second-order valence-electron chi connectivity index (χ2n) is 11.1. The molecule has 2 aromatic rings. The van der Waals surface area contributed by atoms with E-state index in [2.05, 4.69) is 17.2 Å². The molecule has 0 atom stereocenters. The fourth-order valence-corrected chi connectivity index (χ4v) is 7.26. The molecule has 0 unspecified atom stereocenters. The van der Waals surface area contributed by atoms with Crippen LogP contribution in [0.4, 0.5) is 0 Å². The van der Waals surface area contributed by atoms with Crippen LogP contribution in [0.3, 0.4) is 0 Å². The minimum absolute atomic E-state index is 0.0940. The largest absolute Gasteiger partial charge is 0.493 e. The summed E-state index contributed by atoms with van der Waals surface area (Å²) in [7, 11) is -3.70. The van der Waals surface area contributed by atoms with Gasteiger partial charge < -0.3 is 10.4 Å². The molecule has 1 aromatic carbocycles. The number of sulfonamides is 1. The Kier molecular flexibility index (Phi) is 7.32. The van der Waals surface area contributed by atoms with E-state index in [0.29, 0.717) is 35.7 Å². The van der Waals surface area contributed by atoms with Crippen molar-refractivity contribution >= 4 is 27.8 Å². The number of H-pyrrole nitrogens is 1. The lowest BCUT2D eigenvalue weighted by atomic mass is 9.80. The fraction of sp³-hybridized carbons (Fsp3) is 0.536. The maximum absolute atomic E-state index is 13.1. The smallest absolute Gasteiger partial charge is 0.333 e. The van der Waals surface area contributed by atoms with Gasteiger partial charge in [-0.3, -0.25) is 19.3 Å². The first-order valence-corrected chi connectivity index (χ1v) is 15.2. The summed E-state index contributed by atoms with van der Waals surface area (Å²) in [6.45, 7) is 6.15. The number of hydrogen-bond donors (Lipinski definition) is 3. The van der Waals surface area contributed by atoms with Gasteiger partial charge >= 0.3 is 5.69 Å². The van der Waals surface area contributed by atoms with Gasteiger partial charge in [0, 0.05) is 24.4 Å². The maximum atomic E-state index is 13.1. The van der Waals surface area contributed by atoms with E-state index in [1.54, 1.807) is 31.2 Å². The number of imidazole rings is 1. The first-order chi connectivity index (χ1) is 18.5. The number of carbonyl (C=O) groups is 1. The second-order valence-corrected chi connectivity index (χ2v) is 12.9. The summed E-state index contributed by atoms with van der Waals surface area (Å²) in [5.41, 5.74) is 1.13. The highest BCUT2D eigenvalue weighted by Crippen LogP contribution is 2.36. The number of rotatable bonds is 6. The average molecular weight is 556 g/mol. The number of nitrogens with zero attached hydrogens (tertiary/aromatic N) is 3. The summed E-state index contributed by atoms with van der Waals surface area (Å²) in [4.78, 5) is 32.3. The average Bonchev–Trinajstić information content (AvgIpc) is 3.37. The molecule has 0 radical (unpaired) electrons. The van der Waals surface area contributed by atoms with Crippen molar-refractivity contribution in [3.05, 3.63) is 50.9 Å². The van der Waals surface area contributed by atoms with Gasteiger partial charge in [-0.2, -0.15) is 4.31 Å². The van der Waals surface area contributed by atoms with E-state index in [1.807, 2.05) is 6.92 Å². The Balaban J connectivity index is 1.25. The number of aromatic amines is 1. The molecule has 39 heavy (non-hydrogen) atoms. The van der Waals surface area contributed by atoms with Crippen LogP contribution in [0.1, 0.15) is 68.7 Å². The number of aromatic hydroxyl groups is 1. The molecular formula is C28H37N5O5S. The summed E-state index contributed by atoms with van der Waals surface area (Å²) in [6, 6.07) is 5.21. The van der Waals surface area contributed by atoms with Gasteiger partial charge in [0.15, 0.2) is 0 Å². The molecule has 10 nitrogen and oxygen atoms in total. The summed E-state index contributed by atoms with van der Waals surface area (Å²) < 4.78 is 29.0. The molecule has 1 aromatic heterocycles. The van der Waals surface area contributed by atoms with Gasteiger partial charge in [-0.15, -0.1) is 0 Å². The molecule has 3 aliphatic rings. The van der Waals surface area contributed by atoms with Crippen LogP contribution in [-0.2, 0) is 14.8 Å². The Bertz CT molecular complexity index is 1490. The van der Waals surface area contributed by atoms with Crippen molar-refractivity contribution in [3.8, 4) is 11.6 Å². The van der Waals surface area contributed by atoms with Gasteiger partial charge in [0.05, 0.1) is 11.4 Å². The molecule has 1 aliphatic carbocycles. The third-order valence-electron chi connectivity index (χ3n) is 8.76. The van der Waals surface area contributed by atoms with Crippen molar-refractivity contribution in [2.24, 2.45) is 16.8 Å². The van der Waals surface area contributed by atoms with E-state index in [1.165, 1.54) is 20.7 Å². The zero-order valence-electron chi connectivity index (χ0n) is 22.7. The number of aromatic nitrogens is 2. The van der Waals surface area contributed by atoms with Crippen LogP contribution in [0.5, 0.6) is 5.88 Å². The van der Waals surface area contributed by atoms with Crippen LogP contribution in [0, 0.1) is 25.7 Å². The highest BCUT2D eigenvalue weighted by Gasteiger charge is 2.48. The van der Waals surface area contributed by atoms with E-state index in [9.17, 15) is 23.1 Å². The van der Waals surface area contributed by atoms with Crippen molar-refractivity contribution in [1.29, 1.82) is 0 Å². The first-order valence-electron chi connectivity index (χ1n) is 13.7. The minimum Gasteiger partial charge on any atom is -0.493 e. The highest BCUT2D eigenvalue weighted by atomic mass is 32.2. The van der Waals surface area contributed by atoms with Gasteiger partial charge in [-0.1, -0.05) is 19.4 Å². The molecule has 5 rings (SSSR count). The first kappa shape index (κ1) is 27.4. The molecule has 1 spiro atoms. The van der Waals surface area contributed by atoms with Crippen molar-refractivity contribution < 1.29 is 18.3 Å². The number of benzene rings is 1. The molecule has 2 aliphatic heterocycles. The third kappa shape index (κ3) is 5.21. The molecular weight excluding hydrogens is 518 g/mol. The summed E-state index contributed by atoms with van der Waals surface area (Å²) in [6.07, 6.45) is 7.89. The van der Waals surface area contributed by atoms with Crippen LogP contribution in [0.15, 0.2) is 33.4 Å². The molecule has 3 N–H and O–H groups in total. The Hall–Kier alpha value is -3.18. The summed E-state index contributed by atoms with van der Waals surface area (Å²) >= 11 is 0. The molecule has 11 heteroatoms. The van der Waals surface area contributed by atoms with E-state index in [0.717, 1.165) is 43.0 Å². The van der Waals surface area contributed by atoms with Crippen LogP contribution < -0.4 is 11.0 Å². The van der Waals surface area contributed by atoms with Gasteiger partial charge in [0.2, 0.25) is 15.9 Å². The van der Waals surface area contributed by atoms with Crippen LogP contribution in [-0.4, -0.2) is 57.8 Å². The predicted molar refractivity (Wildman–Crippen MR) is 150 cm³/mol. The number of piperidine rings is 1. The number of hydrogen-bond acceptors (Lipinski definition) is 6. The zero-order chi connectivity index (χ0) is 27.9. The lowest BCUT2D eigenvalue weighted by molar-refractivity contribution is -0.125. The van der Waals surface area contributed by atoms with E-state index >= 15 is 0 Å². The molecule has 0 bridgehead atoms. The monoisotopic (exact) mass is 555 g/mol. The quantitative estimate of drug-likeness (QED) is 0.502. The van der Waals surface area contributed by atoms with Gasteiger partial charge in [0.25, 0.3) is 5.91 Å². The SMILES string of the molecule is CCC1CCC(C2=NC3(CCN(S(=O)(=O)C=Cc4ccc(-n5c(C)c(O)[nH]c5=O)cc4C)CC3)C(=O)N2)CC1. The molecule has 2 fully saturated rings. The van der Waals surface area contributed by atoms with Gasteiger partial charge in [0.1, 0.15) is 11.4 Å².